The molecule has 0 radical (unpaired) electrons. The van der Waals surface area contributed by atoms with Gasteiger partial charge in [-0.1, -0.05) is 129 Å². The Kier molecular flexibility index (Phi) is 30.9. The normalized spacial score (nSPS) is 12.2. The third-order valence-electron chi connectivity index (χ3n) is 8.33. The van der Waals surface area contributed by atoms with Crippen molar-refractivity contribution in [1.29, 1.82) is 0 Å². The Morgan fingerprint density at radius 2 is 1.11 bits per heavy atom. The van der Waals surface area contributed by atoms with Crippen LogP contribution in [0.2, 0.25) is 0 Å². The summed E-state index contributed by atoms with van der Waals surface area (Å²) in [7, 11) is 0. The molecule has 8 nitrogen and oxygen atoms in total. The topological polar surface area (TPSA) is 72.0 Å². The first-order valence-corrected chi connectivity index (χ1v) is 19.2. The van der Waals surface area contributed by atoms with Crippen molar-refractivity contribution < 1.29 is 33.0 Å². The van der Waals surface area contributed by atoms with Gasteiger partial charge in [0.25, 0.3) is 0 Å². The van der Waals surface area contributed by atoms with E-state index in [1.807, 2.05) is 34.8 Å². The number of hydrogen-bond acceptors (Lipinski definition) is 6. The van der Waals surface area contributed by atoms with Crippen molar-refractivity contribution in [2.24, 2.45) is 0 Å². The van der Waals surface area contributed by atoms with Crippen LogP contribution in [0.25, 0.3) is 0 Å². The lowest BCUT2D eigenvalue weighted by molar-refractivity contribution is -0.685. The van der Waals surface area contributed by atoms with Crippen LogP contribution >= 0.6 is 0 Å². The number of rotatable bonds is 36. The Morgan fingerprint density at radius 3 is 1.70 bits per heavy atom. The molecule has 0 amide bonds. The predicted molar refractivity (Wildman–Crippen MR) is 187 cm³/mol. The number of aromatic nitrogens is 2. The highest BCUT2D eigenvalue weighted by Gasteiger charge is 2.11. The molecule has 0 aliphatic carbocycles. The minimum Gasteiger partial charge on any atom is -0.463 e. The first-order valence-electron chi connectivity index (χ1n) is 19.2. The molecule has 0 saturated carbocycles. The number of carbonyl (C=O) groups is 1. The van der Waals surface area contributed by atoms with Crippen LogP contribution in [0.15, 0.2) is 18.7 Å². The molecular formula is C38H73N2O6+. The summed E-state index contributed by atoms with van der Waals surface area (Å²) < 4.78 is 32.6. The number of carbonyl (C=O) groups excluding carboxylic acids is 1. The molecular weight excluding hydrogens is 580 g/mol. The molecule has 0 aromatic carbocycles. The summed E-state index contributed by atoms with van der Waals surface area (Å²) in [5.74, 6) is -0.229. The lowest BCUT2D eigenvalue weighted by Crippen LogP contribution is -2.36. The average Bonchev–Trinajstić information content (AvgIpc) is 3.50. The fraction of sp³-hybridized carbons (Fsp3) is 0.895. The van der Waals surface area contributed by atoms with Crippen LogP contribution in [0.4, 0.5) is 0 Å². The zero-order chi connectivity index (χ0) is 33.2. The van der Waals surface area contributed by atoms with E-state index >= 15 is 0 Å². The number of unbranched alkanes of at least 4 members (excludes halogenated alkanes) is 18. The molecule has 1 unspecified atom stereocenters. The molecule has 0 aliphatic heterocycles. The maximum Gasteiger partial charge on any atom is 0.348 e. The van der Waals surface area contributed by atoms with Crippen LogP contribution in [0.1, 0.15) is 149 Å². The van der Waals surface area contributed by atoms with E-state index in [0.29, 0.717) is 46.2 Å². The number of hydrogen-bond donors (Lipinski definition) is 0. The minimum absolute atomic E-state index is 0.0302. The van der Waals surface area contributed by atoms with Crippen LogP contribution in [0, 0.1) is 0 Å². The molecule has 1 atom stereocenters. The van der Waals surface area contributed by atoms with Gasteiger partial charge < -0.3 is 23.7 Å². The monoisotopic (exact) mass is 654 g/mol. The van der Waals surface area contributed by atoms with E-state index in [1.54, 1.807) is 0 Å². The number of esters is 1. The van der Waals surface area contributed by atoms with E-state index in [-0.39, 0.29) is 18.6 Å². The van der Waals surface area contributed by atoms with Gasteiger partial charge in [-0.15, -0.1) is 0 Å². The molecule has 1 rings (SSSR count). The van der Waals surface area contributed by atoms with Gasteiger partial charge in [0.2, 0.25) is 6.33 Å². The Morgan fingerprint density at radius 1 is 0.609 bits per heavy atom. The molecule has 1 heterocycles. The zero-order valence-corrected chi connectivity index (χ0v) is 30.4. The molecule has 0 fully saturated rings. The van der Waals surface area contributed by atoms with E-state index in [4.69, 9.17) is 23.7 Å². The van der Waals surface area contributed by atoms with Crippen molar-refractivity contribution in [3.8, 4) is 0 Å². The average molecular weight is 654 g/mol. The van der Waals surface area contributed by atoms with Crippen LogP contribution in [0.5, 0.6) is 0 Å². The van der Waals surface area contributed by atoms with Crippen LogP contribution in [-0.4, -0.2) is 69.5 Å². The molecule has 0 aliphatic rings. The van der Waals surface area contributed by atoms with Gasteiger partial charge in [0.1, 0.15) is 25.0 Å². The quantitative estimate of drug-likeness (QED) is 0.0410. The van der Waals surface area contributed by atoms with Crippen molar-refractivity contribution in [2.75, 3.05) is 52.9 Å². The lowest BCUT2D eigenvalue weighted by Gasteiger charge is -2.18. The Hall–Kier alpha value is -1.48. The molecule has 0 N–H and O–H groups in total. The predicted octanol–water partition coefficient (Wildman–Crippen LogP) is 8.62. The zero-order valence-electron chi connectivity index (χ0n) is 30.4. The molecule has 1 aromatic rings. The van der Waals surface area contributed by atoms with E-state index < -0.39 is 0 Å². The second-order valence-electron chi connectivity index (χ2n) is 12.7. The van der Waals surface area contributed by atoms with E-state index in [2.05, 4.69) is 13.8 Å². The SMILES string of the molecule is CCCCCCCCCCCCCCCCCCOCC(COCCOCCn1cc[n+](CC(=O)OCC)c1)OCCCCCC. The van der Waals surface area contributed by atoms with E-state index in [9.17, 15) is 4.79 Å². The van der Waals surface area contributed by atoms with Crippen molar-refractivity contribution in [3.63, 3.8) is 0 Å². The highest BCUT2D eigenvalue weighted by molar-refractivity contribution is 5.67. The first kappa shape index (κ1) is 42.5. The van der Waals surface area contributed by atoms with Gasteiger partial charge in [0.15, 0.2) is 6.54 Å². The number of ether oxygens (including phenoxy) is 5. The van der Waals surface area contributed by atoms with Gasteiger partial charge in [-0.25, -0.2) is 13.9 Å². The van der Waals surface area contributed by atoms with Crippen LogP contribution < -0.4 is 4.57 Å². The van der Waals surface area contributed by atoms with Crippen LogP contribution in [-0.2, 0) is 41.6 Å². The second kappa shape index (κ2) is 33.4. The Bertz CT molecular complexity index is 774. The number of imidazole rings is 1. The summed E-state index contributed by atoms with van der Waals surface area (Å²) in [6.45, 7) is 12.0. The summed E-state index contributed by atoms with van der Waals surface area (Å²) in [6.07, 6.45) is 32.5. The third-order valence-corrected chi connectivity index (χ3v) is 8.33. The van der Waals surface area contributed by atoms with Gasteiger partial charge in [-0.3, -0.25) is 0 Å². The maximum absolute atomic E-state index is 11.6. The largest absolute Gasteiger partial charge is 0.463 e. The van der Waals surface area contributed by atoms with Crippen molar-refractivity contribution in [2.45, 2.75) is 168 Å². The number of nitrogens with zero attached hydrogens (tertiary/aromatic N) is 2. The molecule has 0 spiro atoms. The third kappa shape index (κ3) is 27.6. The van der Waals surface area contributed by atoms with Crippen molar-refractivity contribution in [3.05, 3.63) is 18.7 Å². The van der Waals surface area contributed by atoms with Gasteiger partial charge in [-0.2, -0.15) is 0 Å². The summed E-state index contributed by atoms with van der Waals surface area (Å²) in [5, 5.41) is 0. The Balaban J connectivity index is 2.04. The van der Waals surface area contributed by atoms with Crippen molar-refractivity contribution >= 4 is 5.97 Å². The second-order valence-corrected chi connectivity index (χ2v) is 12.7. The molecule has 46 heavy (non-hydrogen) atoms. The summed E-state index contributed by atoms with van der Waals surface area (Å²) in [5.41, 5.74) is 0. The first-order chi connectivity index (χ1) is 22.7. The highest BCUT2D eigenvalue weighted by atomic mass is 16.6. The summed E-state index contributed by atoms with van der Waals surface area (Å²) >= 11 is 0. The fourth-order valence-corrected chi connectivity index (χ4v) is 5.52. The Labute approximate surface area is 283 Å². The van der Waals surface area contributed by atoms with Gasteiger partial charge in [0.05, 0.1) is 39.6 Å². The summed E-state index contributed by atoms with van der Waals surface area (Å²) in [6, 6.07) is 0. The van der Waals surface area contributed by atoms with Gasteiger partial charge in [-0.05, 0) is 19.8 Å². The van der Waals surface area contributed by atoms with Crippen LogP contribution in [0.3, 0.4) is 0 Å². The maximum atomic E-state index is 11.6. The fourth-order valence-electron chi connectivity index (χ4n) is 5.52. The molecule has 0 bridgehead atoms. The smallest absolute Gasteiger partial charge is 0.348 e. The summed E-state index contributed by atoms with van der Waals surface area (Å²) in [4.78, 5) is 11.6. The van der Waals surface area contributed by atoms with E-state index in [0.717, 1.165) is 26.1 Å². The van der Waals surface area contributed by atoms with E-state index in [1.165, 1.54) is 116 Å². The van der Waals surface area contributed by atoms with Gasteiger partial charge >= 0.3 is 5.97 Å². The molecule has 8 heteroatoms. The minimum atomic E-state index is -0.229. The lowest BCUT2D eigenvalue weighted by atomic mass is 10.0. The van der Waals surface area contributed by atoms with Gasteiger partial charge in [0, 0.05) is 13.2 Å². The highest BCUT2D eigenvalue weighted by Crippen LogP contribution is 2.14. The molecule has 0 saturated heterocycles. The molecule has 1 aromatic heterocycles. The molecule has 270 valence electrons. The van der Waals surface area contributed by atoms with Crippen molar-refractivity contribution in [1.82, 2.24) is 4.57 Å². The standard InChI is InChI=1S/C38H73N2O6/c1-4-7-9-11-12-13-14-15-16-17-18-19-20-21-22-23-28-43-34-37(46-29-24-10-8-5-2)35-44-32-31-42-30-27-39-25-26-40(36-39)33-38(41)45-6-3/h25-26,36-37H,4-24,27-35H2,1-3H3/q+1.